The van der Waals surface area contributed by atoms with Gasteiger partial charge in [-0.2, -0.15) is 0 Å². The molecule has 0 unspecified atom stereocenters. The van der Waals surface area contributed by atoms with Crippen molar-refractivity contribution in [3.8, 4) is 16.9 Å². The number of carbonyl (C=O) groups is 2. The molecule has 1 amide bonds. The van der Waals surface area contributed by atoms with E-state index in [1.807, 2.05) is 86.8 Å². The highest BCUT2D eigenvalue weighted by molar-refractivity contribution is 6.35. The van der Waals surface area contributed by atoms with Crippen LogP contribution in [-0.4, -0.2) is 82.3 Å². The number of hydrogen-bond acceptors (Lipinski definition) is 8. The van der Waals surface area contributed by atoms with E-state index < -0.39 is 5.97 Å². The molecule has 0 bridgehead atoms. The predicted molar refractivity (Wildman–Crippen MR) is 231 cm³/mol. The number of fused-ring (bicyclic) bond motifs is 4. The zero-order valence-electron chi connectivity index (χ0n) is 34.1. The van der Waals surface area contributed by atoms with Crippen molar-refractivity contribution < 1.29 is 19.1 Å². The number of methoxy groups -OCH3 is 1. The number of aromatic nitrogens is 4. The lowest BCUT2D eigenvalue weighted by atomic mass is 9.97. The first kappa shape index (κ1) is 39.9. The molecule has 0 radical (unpaired) electrons. The standard InChI is InChI=1S/C45H49Cl2N7O4/c1-25-19-31(20-26(2)41(25)47)58-18-8-9-32-33-11-12-35(46)40(39-28(4)49-38(50-29(39)5)24-52-16-14-48-15-17-52)42(33)54-27(3)22-53(44(55)43(32)54)37-23-51(6)36-13-10-30(21-34(36)37)45(56)57-7/h10-13,19-21,23,27,48H,8-9,14-18,22,24H2,1-7H3/t27-/m1/s1. The average molecular weight is 823 g/mol. The molecular formula is C45H49Cl2N7O4. The molecule has 302 valence electrons. The quantitative estimate of drug-likeness (QED) is 0.108. The number of carbonyl (C=O) groups excluding carboxylic acids is 2. The van der Waals surface area contributed by atoms with Crippen molar-refractivity contribution >= 4 is 62.6 Å². The van der Waals surface area contributed by atoms with Crippen LogP contribution >= 0.6 is 23.2 Å². The summed E-state index contributed by atoms with van der Waals surface area (Å²) in [6.07, 6.45) is 3.20. The van der Waals surface area contributed by atoms with E-state index in [-0.39, 0.29) is 11.9 Å². The molecule has 6 aromatic rings. The number of piperazine rings is 1. The number of nitrogens with zero attached hydrogens (tertiary/aromatic N) is 6. The maximum atomic E-state index is 15.2. The van der Waals surface area contributed by atoms with Gasteiger partial charge in [0.25, 0.3) is 5.91 Å². The summed E-state index contributed by atoms with van der Waals surface area (Å²) in [6.45, 7) is 15.5. The van der Waals surface area contributed by atoms with Crippen molar-refractivity contribution in [1.82, 2.24) is 29.3 Å². The summed E-state index contributed by atoms with van der Waals surface area (Å²) in [6, 6.07) is 13.2. The molecule has 2 aliphatic heterocycles. The van der Waals surface area contributed by atoms with E-state index in [4.69, 9.17) is 42.6 Å². The lowest BCUT2D eigenvalue weighted by Gasteiger charge is -2.34. The third-order valence-corrected chi connectivity index (χ3v) is 12.5. The highest BCUT2D eigenvalue weighted by atomic mass is 35.5. The van der Waals surface area contributed by atoms with Crippen molar-refractivity contribution in [2.45, 2.75) is 60.0 Å². The summed E-state index contributed by atoms with van der Waals surface area (Å²) in [5, 5.41) is 6.49. The van der Waals surface area contributed by atoms with Gasteiger partial charge in [-0.3, -0.25) is 9.69 Å². The van der Waals surface area contributed by atoms with E-state index in [0.717, 1.165) is 109 Å². The van der Waals surface area contributed by atoms with Crippen LogP contribution in [0.15, 0.2) is 48.7 Å². The van der Waals surface area contributed by atoms with Gasteiger partial charge in [0.15, 0.2) is 0 Å². The fourth-order valence-corrected chi connectivity index (χ4v) is 9.28. The van der Waals surface area contributed by atoms with Crippen molar-refractivity contribution in [3.05, 3.63) is 104 Å². The van der Waals surface area contributed by atoms with Crippen LogP contribution in [0.5, 0.6) is 5.75 Å². The number of rotatable bonds is 10. The molecule has 11 nitrogen and oxygen atoms in total. The molecule has 5 heterocycles. The molecule has 13 heteroatoms. The van der Waals surface area contributed by atoms with E-state index in [1.165, 1.54) is 7.11 Å². The summed E-state index contributed by atoms with van der Waals surface area (Å²) in [7, 11) is 3.32. The highest BCUT2D eigenvalue weighted by Gasteiger charge is 2.37. The van der Waals surface area contributed by atoms with Gasteiger partial charge in [-0.15, -0.1) is 0 Å². The van der Waals surface area contributed by atoms with Crippen LogP contribution in [-0.2, 0) is 24.8 Å². The Bertz CT molecular complexity index is 2560. The van der Waals surface area contributed by atoms with Gasteiger partial charge in [-0.05, 0) is 101 Å². The first-order chi connectivity index (χ1) is 27.9. The minimum atomic E-state index is -0.431. The Morgan fingerprint density at radius 2 is 1.66 bits per heavy atom. The number of hydrogen-bond donors (Lipinski definition) is 1. The second kappa shape index (κ2) is 16.0. The van der Waals surface area contributed by atoms with Gasteiger partial charge in [0, 0.05) is 95.8 Å². The number of esters is 1. The summed E-state index contributed by atoms with van der Waals surface area (Å²) in [5.41, 5.74) is 9.85. The van der Waals surface area contributed by atoms with Crippen molar-refractivity contribution in [1.29, 1.82) is 0 Å². The van der Waals surface area contributed by atoms with Gasteiger partial charge in [0.2, 0.25) is 0 Å². The van der Waals surface area contributed by atoms with Crippen LogP contribution in [0.4, 0.5) is 5.69 Å². The van der Waals surface area contributed by atoms with Crippen LogP contribution in [0, 0.1) is 27.7 Å². The van der Waals surface area contributed by atoms with Gasteiger partial charge in [0.1, 0.15) is 17.3 Å². The van der Waals surface area contributed by atoms with Crippen LogP contribution in [0.1, 0.15) is 74.1 Å². The molecule has 1 atom stereocenters. The lowest BCUT2D eigenvalue weighted by molar-refractivity contribution is 0.0600. The Kier molecular flexibility index (Phi) is 11.0. The molecule has 1 fully saturated rings. The number of nitrogens with one attached hydrogen (secondary N) is 1. The van der Waals surface area contributed by atoms with Gasteiger partial charge in [0.05, 0.1) is 42.1 Å². The predicted octanol–water partition coefficient (Wildman–Crippen LogP) is 8.56. The molecule has 3 aromatic carbocycles. The third kappa shape index (κ3) is 7.12. The minimum absolute atomic E-state index is 0.122. The van der Waals surface area contributed by atoms with E-state index >= 15 is 4.79 Å². The van der Waals surface area contributed by atoms with E-state index in [2.05, 4.69) is 21.7 Å². The number of amides is 1. The van der Waals surface area contributed by atoms with Crippen molar-refractivity contribution in [2.75, 3.05) is 51.3 Å². The Balaban J connectivity index is 1.25. The smallest absolute Gasteiger partial charge is 0.337 e. The van der Waals surface area contributed by atoms with Gasteiger partial charge in [-0.25, -0.2) is 14.8 Å². The number of ether oxygens (including phenoxy) is 2. The summed E-state index contributed by atoms with van der Waals surface area (Å²) < 4.78 is 15.5. The summed E-state index contributed by atoms with van der Waals surface area (Å²) >= 11 is 13.7. The molecule has 1 saturated heterocycles. The third-order valence-electron chi connectivity index (χ3n) is 11.6. The number of anilines is 1. The fraction of sp³-hybridized carbons (Fsp3) is 0.378. The molecule has 0 spiro atoms. The Labute approximate surface area is 348 Å². The average Bonchev–Trinajstić information content (AvgIpc) is 3.71. The molecule has 1 N–H and O–H groups in total. The molecule has 8 rings (SSSR count). The van der Waals surface area contributed by atoms with E-state index in [1.54, 1.807) is 6.07 Å². The topological polar surface area (TPSA) is 107 Å². The fourth-order valence-electron chi connectivity index (χ4n) is 8.92. The molecular weight excluding hydrogens is 773 g/mol. The minimum Gasteiger partial charge on any atom is -0.494 e. The molecule has 3 aromatic heterocycles. The second-order valence-electron chi connectivity index (χ2n) is 15.7. The molecule has 0 aliphatic carbocycles. The number of aryl methyl sites for hydroxylation is 6. The second-order valence-corrected chi connectivity index (χ2v) is 16.4. The zero-order valence-corrected chi connectivity index (χ0v) is 35.6. The van der Waals surface area contributed by atoms with E-state index in [0.29, 0.717) is 48.8 Å². The van der Waals surface area contributed by atoms with Gasteiger partial charge >= 0.3 is 5.97 Å². The van der Waals surface area contributed by atoms with Gasteiger partial charge in [-0.1, -0.05) is 29.3 Å². The number of halogens is 2. The summed E-state index contributed by atoms with van der Waals surface area (Å²) in [4.78, 5) is 42.2. The monoisotopic (exact) mass is 821 g/mol. The molecule has 2 aliphatic rings. The van der Waals surface area contributed by atoms with E-state index in [9.17, 15) is 4.79 Å². The maximum Gasteiger partial charge on any atom is 0.337 e. The highest BCUT2D eigenvalue weighted by Crippen LogP contribution is 2.45. The SMILES string of the molecule is COC(=O)c1ccc2c(c1)c(N1C[C@@H](C)n3c(c(CCCOc4cc(C)c(Cl)c(C)c4)c4ccc(Cl)c(-c5c(C)nc(CN6CCNCC6)nc5C)c43)C1=O)cn2C. The lowest BCUT2D eigenvalue weighted by Crippen LogP contribution is -2.43. The maximum absolute atomic E-state index is 15.2. The van der Waals surface area contributed by atoms with Crippen LogP contribution in [0.25, 0.3) is 32.9 Å². The first-order valence-corrected chi connectivity index (χ1v) is 20.6. The first-order valence-electron chi connectivity index (χ1n) is 19.9. The molecule has 0 saturated carbocycles. The Morgan fingerprint density at radius 1 is 0.948 bits per heavy atom. The van der Waals surface area contributed by atoms with Gasteiger partial charge < -0.3 is 28.8 Å². The zero-order chi connectivity index (χ0) is 41.0. The van der Waals surface area contributed by atoms with Crippen LogP contribution in [0.3, 0.4) is 0 Å². The largest absolute Gasteiger partial charge is 0.494 e. The van der Waals surface area contributed by atoms with Crippen LogP contribution in [0.2, 0.25) is 10.0 Å². The molecule has 58 heavy (non-hydrogen) atoms. The van der Waals surface area contributed by atoms with Crippen LogP contribution < -0.4 is 15.0 Å². The Hall–Kier alpha value is -4.94. The number of benzene rings is 3. The van der Waals surface area contributed by atoms with Crippen molar-refractivity contribution in [3.63, 3.8) is 0 Å². The summed E-state index contributed by atoms with van der Waals surface area (Å²) in [5.74, 6) is 1.00. The van der Waals surface area contributed by atoms with Crippen molar-refractivity contribution in [2.24, 2.45) is 7.05 Å². The normalized spacial score (nSPS) is 16.1. The Morgan fingerprint density at radius 3 is 2.34 bits per heavy atom.